The van der Waals surface area contributed by atoms with Gasteiger partial charge in [-0.25, -0.2) is 4.39 Å². The number of phenols is 1. The summed E-state index contributed by atoms with van der Waals surface area (Å²) >= 11 is 0. The first kappa shape index (κ1) is 17.1. The Morgan fingerprint density at radius 2 is 1.96 bits per heavy atom. The van der Waals surface area contributed by atoms with Crippen LogP contribution in [0.2, 0.25) is 0 Å². The van der Waals surface area contributed by atoms with Crippen LogP contribution >= 0.6 is 0 Å². The van der Waals surface area contributed by atoms with Gasteiger partial charge in [0, 0.05) is 18.7 Å². The summed E-state index contributed by atoms with van der Waals surface area (Å²) in [7, 11) is 0. The zero-order valence-corrected chi connectivity index (χ0v) is 14.2. The lowest BCUT2D eigenvalue weighted by molar-refractivity contribution is -0.119. The lowest BCUT2D eigenvalue weighted by atomic mass is 10.1. The van der Waals surface area contributed by atoms with Crippen LogP contribution < -0.4 is 15.0 Å². The molecule has 1 amide bonds. The van der Waals surface area contributed by atoms with E-state index >= 15 is 0 Å². The van der Waals surface area contributed by atoms with Gasteiger partial charge in [0.1, 0.15) is 11.9 Å². The second-order valence-electron chi connectivity index (χ2n) is 6.27. The number of rotatable bonds is 5. The van der Waals surface area contributed by atoms with Gasteiger partial charge in [-0.2, -0.15) is 0 Å². The number of hydrogen-bond donors (Lipinski definition) is 2. The van der Waals surface area contributed by atoms with Gasteiger partial charge in [-0.3, -0.25) is 4.79 Å². The Hall–Kier alpha value is -2.76. The third-order valence-electron chi connectivity index (χ3n) is 4.24. The van der Waals surface area contributed by atoms with Crippen molar-refractivity contribution in [3.05, 3.63) is 53.8 Å². The van der Waals surface area contributed by atoms with Crippen molar-refractivity contribution in [2.45, 2.75) is 26.0 Å². The highest BCUT2D eigenvalue weighted by Crippen LogP contribution is 2.28. The minimum absolute atomic E-state index is 0.0310. The Morgan fingerprint density at radius 1 is 1.28 bits per heavy atom. The highest BCUT2D eigenvalue weighted by atomic mass is 19.1. The molecule has 0 radical (unpaired) electrons. The highest BCUT2D eigenvalue weighted by molar-refractivity contribution is 5.73. The molecule has 5 nitrogen and oxygen atoms in total. The monoisotopic (exact) mass is 344 g/mol. The molecule has 0 aromatic heterocycles. The number of aromatic hydroxyl groups is 1. The van der Waals surface area contributed by atoms with Crippen molar-refractivity contribution >= 4 is 11.6 Å². The van der Waals surface area contributed by atoms with Gasteiger partial charge >= 0.3 is 0 Å². The predicted molar refractivity (Wildman–Crippen MR) is 93.4 cm³/mol. The molecule has 2 aromatic carbocycles. The molecule has 0 bridgehead atoms. The largest absolute Gasteiger partial charge is 0.508 e. The Kier molecular flexibility index (Phi) is 4.79. The number of hydrogen-bond acceptors (Lipinski definition) is 4. The van der Waals surface area contributed by atoms with E-state index in [0.717, 1.165) is 17.3 Å². The molecule has 1 heterocycles. The topological polar surface area (TPSA) is 61.8 Å². The zero-order valence-electron chi connectivity index (χ0n) is 14.2. The molecule has 0 spiro atoms. The van der Waals surface area contributed by atoms with Crippen LogP contribution in [-0.2, 0) is 4.79 Å². The number of carbonyl (C=O) groups excluding carboxylic acids is 1. The molecular weight excluding hydrogens is 323 g/mol. The van der Waals surface area contributed by atoms with Crippen molar-refractivity contribution in [1.82, 2.24) is 5.32 Å². The fourth-order valence-corrected chi connectivity index (χ4v) is 2.85. The molecule has 132 valence electrons. The van der Waals surface area contributed by atoms with Crippen molar-refractivity contribution in [2.24, 2.45) is 0 Å². The Labute approximate surface area is 146 Å². The van der Waals surface area contributed by atoms with E-state index in [9.17, 15) is 14.3 Å². The van der Waals surface area contributed by atoms with Crippen molar-refractivity contribution in [2.75, 3.05) is 18.0 Å². The average molecular weight is 344 g/mol. The minimum atomic E-state index is -0.560. The summed E-state index contributed by atoms with van der Waals surface area (Å²) in [6.07, 6.45) is -0.0861. The molecule has 0 saturated carbocycles. The fraction of sp³-hybridized carbons (Fsp3) is 0.316. The van der Waals surface area contributed by atoms with Gasteiger partial charge in [0.05, 0.1) is 19.1 Å². The number of anilines is 1. The number of benzene rings is 2. The molecule has 3 rings (SSSR count). The molecule has 6 heteroatoms. The van der Waals surface area contributed by atoms with Gasteiger partial charge in [-0.15, -0.1) is 0 Å². The first-order valence-corrected chi connectivity index (χ1v) is 8.19. The summed E-state index contributed by atoms with van der Waals surface area (Å²) in [4.78, 5) is 13.2. The lowest BCUT2D eigenvalue weighted by Crippen LogP contribution is -2.54. The SMILES string of the molecule is CC(=O)N[C@@H](C)c1ccc(N2CC(Oc3ccc(O)cc3F)C2)cc1. The molecule has 2 N–H and O–H groups in total. The number of carbonyl (C=O) groups is 1. The summed E-state index contributed by atoms with van der Waals surface area (Å²) in [5.41, 5.74) is 2.10. The number of nitrogens with zero attached hydrogens (tertiary/aromatic N) is 1. The van der Waals surface area contributed by atoms with Crippen LogP contribution in [0.25, 0.3) is 0 Å². The predicted octanol–water partition coefficient (Wildman–Crippen LogP) is 3.00. The van der Waals surface area contributed by atoms with E-state index in [1.807, 2.05) is 31.2 Å². The van der Waals surface area contributed by atoms with E-state index in [1.54, 1.807) is 0 Å². The van der Waals surface area contributed by atoms with E-state index in [4.69, 9.17) is 4.74 Å². The van der Waals surface area contributed by atoms with Crippen molar-refractivity contribution in [3.63, 3.8) is 0 Å². The van der Waals surface area contributed by atoms with Gasteiger partial charge in [0.2, 0.25) is 5.91 Å². The van der Waals surface area contributed by atoms with Crippen molar-refractivity contribution in [1.29, 1.82) is 0 Å². The Morgan fingerprint density at radius 3 is 2.56 bits per heavy atom. The van der Waals surface area contributed by atoms with Crippen LogP contribution in [-0.4, -0.2) is 30.2 Å². The third kappa shape index (κ3) is 4.02. The summed E-state index contributed by atoms with van der Waals surface area (Å²) in [5.74, 6) is -0.578. The summed E-state index contributed by atoms with van der Waals surface area (Å²) < 4.78 is 19.3. The molecular formula is C19H21FN2O3. The third-order valence-corrected chi connectivity index (χ3v) is 4.24. The maximum absolute atomic E-state index is 13.7. The van der Waals surface area contributed by atoms with Crippen LogP contribution in [0.15, 0.2) is 42.5 Å². The van der Waals surface area contributed by atoms with Gasteiger partial charge in [0.25, 0.3) is 0 Å². The molecule has 1 atom stereocenters. The lowest BCUT2D eigenvalue weighted by Gasteiger charge is -2.40. The molecule has 1 aliphatic heterocycles. The molecule has 2 aromatic rings. The Bertz CT molecular complexity index is 758. The summed E-state index contributed by atoms with van der Waals surface area (Å²) in [6, 6.07) is 11.8. The summed E-state index contributed by atoms with van der Waals surface area (Å²) in [6.45, 7) is 4.78. The van der Waals surface area contributed by atoms with Gasteiger partial charge in [-0.1, -0.05) is 12.1 Å². The highest BCUT2D eigenvalue weighted by Gasteiger charge is 2.29. The van der Waals surface area contributed by atoms with E-state index in [1.165, 1.54) is 19.1 Å². The zero-order chi connectivity index (χ0) is 18.0. The standard InChI is InChI=1S/C19H21FN2O3/c1-12(21-13(2)23)14-3-5-15(6-4-14)22-10-17(11-22)25-19-8-7-16(24)9-18(19)20/h3-9,12,17,24H,10-11H2,1-2H3,(H,21,23)/t12-/m0/s1. The molecule has 0 aliphatic carbocycles. The number of nitrogens with one attached hydrogen (secondary N) is 1. The van der Waals surface area contributed by atoms with E-state index in [0.29, 0.717) is 13.1 Å². The quantitative estimate of drug-likeness (QED) is 0.875. The maximum Gasteiger partial charge on any atom is 0.217 e. The van der Waals surface area contributed by atoms with Crippen LogP contribution in [0.5, 0.6) is 11.5 Å². The van der Waals surface area contributed by atoms with Gasteiger partial charge in [0.15, 0.2) is 11.6 Å². The van der Waals surface area contributed by atoms with Crippen LogP contribution in [0.4, 0.5) is 10.1 Å². The molecule has 25 heavy (non-hydrogen) atoms. The number of amides is 1. The number of ether oxygens (including phenoxy) is 1. The fourth-order valence-electron chi connectivity index (χ4n) is 2.85. The van der Waals surface area contributed by atoms with Gasteiger partial charge < -0.3 is 20.1 Å². The number of phenolic OH excluding ortho intramolecular Hbond substituents is 1. The second kappa shape index (κ2) is 7.01. The molecule has 1 saturated heterocycles. The first-order valence-electron chi connectivity index (χ1n) is 8.19. The normalized spacial score (nSPS) is 15.4. The molecule has 1 aliphatic rings. The molecule has 0 unspecified atom stereocenters. The van der Waals surface area contributed by atoms with Crippen LogP contribution in [0.3, 0.4) is 0 Å². The minimum Gasteiger partial charge on any atom is -0.508 e. The first-order chi connectivity index (χ1) is 11.9. The Balaban J connectivity index is 1.54. The van der Waals surface area contributed by atoms with E-state index in [-0.39, 0.29) is 29.6 Å². The van der Waals surface area contributed by atoms with E-state index in [2.05, 4.69) is 10.2 Å². The average Bonchev–Trinajstić information content (AvgIpc) is 2.52. The summed E-state index contributed by atoms with van der Waals surface area (Å²) in [5, 5.41) is 12.1. The smallest absolute Gasteiger partial charge is 0.217 e. The van der Waals surface area contributed by atoms with Crippen LogP contribution in [0.1, 0.15) is 25.5 Å². The molecule has 1 fully saturated rings. The van der Waals surface area contributed by atoms with Gasteiger partial charge in [-0.05, 0) is 36.8 Å². The van der Waals surface area contributed by atoms with E-state index < -0.39 is 5.82 Å². The maximum atomic E-state index is 13.7. The van der Waals surface area contributed by atoms with Crippen molar-refractivity contribution in [3.8, 4) is 11.5 Å². The van der Waals surface area contributed by atoms with Crippen LogP contribution in [0, 0.1) is 5.82 Å². The number of halogens is 1. The second-order valence-corrected chi connectivity index (χ2v) is 6.27. The van der Waals surface area contributed by atoms with Crippen molar-refractivity contribution < 1.29 is 19.0 Å².